The van der Waals surface area contributed by atoms with Crippen molar-refractivity contribution < 1.29 is 9.47 Å². The van der Waals surface area contributed by atoms with Gasteiger partial charge in [0, 0.05) is 11.0 Å². The monoisotopic (exact) mass is 592 g/mol. The predicted octanol–water partition coefficient (Wildman–Crippen LogP) is 9.58. The van der Waals surface area contributed by atoms with Crippen molar-refractivity contribution in [1.29, 1.82) is 0 Å². The van der Waals surface area contributed by atoms with Crippen LogP contribution in [-0.4, -0.2) is 30.4 Å². The van der Waals surface area contributed by atoms with E-state index in [4.69, 9.17) is 9.47 Å². The molecule has 0 radical (unpaired) electrons. The summed E-state index contributed by atoms with van der Waals surface area (Å²) in [5, 5.41) is 3.80. The van der Waals surface area contributed by atoms with Crippen LogP contribution in [0.3, 0.4) is 0 Å². The molecule has 2 bridgehead atoms. The van der Waals surface area contributed by atoms with E-state index >= 15 is 0 Å². The van der Waals surface area contributed by atoms with Crippen molar-refractivity contribution in [2.75, 3.05) is 13.2 Å². The van der Waals surface area contributed by atoms with Gasteiger partial charge in [0.25, 0.3) is 0 Å². The second kappa shape index (κ2) is 9.62. The third-order valence-corrected chi connectivity index (χ3v) is 16.6. The van der Waals surface area contributed by atoms with Gasteiger partial charge in [-0.25, -0.2) is 0 Å². The van der Waals surface area contributed by atoms with Crippen molar-refractivity contribution in [3.8, 4) is 0 Å². The molecule has 13 atom stereocenters. The molecule has 0 amide bonds. The Morgan fingerprint density at radius 1 is 1.05 bits per heavy atom. The fourth-order valence-corrected chi connectivity index (χ4v) is 13.6. The van der Waals surface area contributed by atoms with E-state index in [2.05, 4.69) is 93.6 Å². The molecule has 0 aromatic heterocycles. The zero-order chi connectivity index (χ0) is 31.0. The highest BCUT2D eigenvalue weighted by Crippen LogP contribution is 2.82. The van der Waals surface area contributed by atoms with Gasteiger partial charge in [-0.15, -0.1) is 0 Å². The number of rotatable bonds is 8. The van der Waals surface area contributed by atoms with Crippen LogP contribution in [0.1, 0.15) is 128 Å². The van der Waals surface area contributed by atoms with Crippen LogP contribution in [0.5, 0.6) is 0 Å². The van der Waals surface area contributed by atoms with Crippen LogP contribution in [-0.2, 0) is 9.47 Å². The first kappa shape index (κ1) is 30.8. The first-order valence-corrected chi connectivity index (χ1v) is 18.7. The molecule has 242 valence electrons. The Balaban J connectivity index is 1.23. The molecule has 7 rings (SSSR count). The molecule has 0 aromatic rings. The van der Waals surface area contributed by atoms with Gasteiger partial charge in [-0.2, -0.15) is 0 Å². The second-order valence-corrected chi connectivity index (χ2v) is 18.6. The highest BCUT2D eigenvalue weighted by Gasteiger charge is 2.79. The van der Waals surface area contributed by atoms with Crippen LogP contribution in [0.4, 0.5) is 0 Å². The summed E-state index contributed by atoms with van der Waals surface area (Å²) >= 11 is 0. The summed E-state index contributed by atoms with van der Waals surface area (Å²) in [6.07, 6.45) is 16.5. The SMILES string of the molecule is CCNC(C)(COC1C(C)CC23C4=CCC56C=C7OC(C(C)C(C)C)(CCC5(C)C4CCC2C1(C)CCC3C)C76)C(C)C. The largest absolute Gasteiger partial charge is 0.490 e. The van der Waals surface area contributed by atoms with Gasteiger partial charge in [0.1, 0.15) is 11.4 Å². The van der Waals surface area contributed by atoms with Crippen molar-refractivity contribution in [2.24, 2.45) is 69.0 Å². The van der Waals surface area contributed by atoms with Crippen LogP contribution in [0.15, 0.2) is 23.5 Å². The maximum absolute atomic E-state index is 7.19. The summed E-state index contributed by atoms with van der Waals surface area (Å²) in [4.78, 5) is 0. The Labute approximate surface area is 264 Å². The highest BCUT2D eigenvalue weighted by molar-refractivity contribution is 5.47. The fraction of sp³-hybridized carbons (Fsp3) is 0.900. The lowest BCUT2D eigenvalue weighted by molar-refractivity contribution is -0.305. The van der Waals surface area contributed by atoms with E-state index in [1.807, 2.05) is 5.57 Å². The molecule has 1 N–H and O–H groups in total. The molecule has 1 spiro atoms. The van der Waals surface area contributed by atoms with E-state index < -0.39 is 0 Å². The summed E-state index contributed by atoms with van der Waals surface area (Å²) in [6.45, 7) is 29.1. The lowest BCUT2D eigenvalue weighted by Gasteiger charge is -2.78. The van der Waals surface area contributed by atoms with Gasteiger partial charge < -0.3 is 14.8 Å². The lowest BCUT2D eigenvalue weighted by atomic mass is 9.30. The molecule has 1 heterocycles. The van der Waals surface area contributed by atoms with E-state index in [0.29, 0.717) is 51.9 Å². The Morgan fingerprint density at radius 3 is 2.44 bits per heavy atom. The van der Waals surface area contributed by atoms with Gasteiger partial charge in [-0.1, -0.05) is 80.9 Å². The van der Waals surface area contributed by atoms with Gasteiger partial charge in [0.2, 0.25) is 0 Å². The summed E-state index contributed by atoms with van der Waals surface area (Å²) < 4.78 is 13.9. The molecular weight excluding hydrogens is 526 g/mol. The summed E-state index contributed by atoms with van der Waals surface area (Å²) in [5.74, 6) is 6.69. The zero-order valence-corrected chi connectivity index (χ0v) is 29.7. The number of hydrogen-bond donors (Lipinski definition) is 1. The minimum absolute atomic E-state index is 0.0252. The number of ether oxygens (including phenoxy) is 2. The number of hydrogen-bond acceptors (Lipinski definition) is 3. The smallest absolute Gasteiger partial charge is 0.122 e. The third kappa shape index (κ3) is 3.57. The first-order chi connectivity index (χ1) is 20.2. The molecule has 7 aliphatic rings. The Morgan fingerprint density at radius 2 is 1.79 bits per heavy atom. The lowest BCUT2D eigenvalue weighted by Crippen LogP contribution is -2.76. The molecule has 1 saturated heterocycles. The third-order valence-electron chi connectivity index (χ3n) is 16.6. The van der Waals surface area contributed by atoms with E-state index in [1.54, 1.807) is 0 Å². The molecule has 1 aliphatic heterocycles. The van der Waals surface area contributed by atoms with E-state index in [9.17, 15) is 0 Å². The zero-order valence-electron chi connectivity index (χ0n) is 29.7. The predicted molar refractivity (Wildman–Crippen MR) is 177 cm³/mol. The van der Waals surface area contributed by atoms with E-state index in [0.717, 1.165) is 30.9 Å². The van der Waals surface area contributed by atoms with Crippen LogP contribution in [0, 0.1) is 69.0 Å². The molecule has 43 heavy (non-hydrogen) atoms. The molecule has 6 aliphatic carbocycles. The highest BCUT2D eigenvalue weighted by atomic mass is 16.5. The maximum atomic E-state index is 7.19. The summed E-state index contributed by atoms with van der Waals surface area (Å²) in [5.41, 5.74) is 3.34. The first-order valence-electron chi connectivity index (χ1n) is 18.7. The van der Waals surface area contributed by atoms with Gasteiger partial charge >= 0.3 is 0 Å². The second-order valence-electron chi connectivity index (χ2n) is 18.6. The number of nitrogens with one attached hydrogen (secondary N) is 1. The van der Waals surface area contributed by atoms with Crippen molar-refractivity contribution in [3.05, 3.63) is 23.5 Å². The molecule has 0 aromatic carbocycles. The average Bonchev–Trinajstić information content (AvgIpc) is 2.92. The van der Waals surface area contributed by atoms with E-state index in [-0.39, 0.29) is 16.6 Å². The van der Waals surface area contributed by atoms with Crippen molar-refractivity contribution >= 4 is 0 Å². The summed E-state index contributed by atoms with van der Waals surface area (Å²) in [6, 6.07) is 0. The molecule has 3 nitrogen and oxygen atoms in total. The Hall–Kier alpha value is -0.800. The number of fused-ring (bicyclic) bond motifs is 2. The van der Waals surface area contributed by atoms with Gasteiger partial charge in [-0.3, -0.25) is 0 Å². The van der Waals surface area contributed by atoms with Gasteiger partial charge in [-0.05, 0) is 129 Å². The van der Waals surface area contributed by atoms with Crippen LogP contribution in [0.2, 0.25) is 0 Å². The molecule has 5 fully saturated rings. The van der Waals surface area contributed by atoms with Crippen molar-refractivity contribution in [2.45, 2.75) is 145 Å². The number of allylic oxidation sites excluding steroid dienone is 3. The topological polar surface area (TPSA) is 30.5 Å². The van der Waals surface area contributed by atoms with Gasteiger partial charge in [0.15, 0.2) is 0 Å². The quantitative estimate of drug-likeness (QED) is 0.285. The van der Waals surface area contributed by atoms with Crippen molar-refractivity contribution in [1.82, 2.24) is 5.32 Å². The van der Waals surface area contributed by atoms with E-state index in [1.165, 1.54) is 57.1 Å². The minimum atomic E-state index is 0.0252. The molecule has 4 saturated carbocycles. The van der Waals surface area contributed by atoms with Crippen LogP contribution < -0.4 is 5.32 Å². The average molecular weight is 592 g/mol. The minimum Gasteiger partial charge on any atom is -0.490 e. The normalized spacial score (nSPS) is 51.3. The summed E-state index contributed by atoms with van der Waals surface area (Å²) in [7, 11) is 0. The molecule has 3 heteroatoms. The van der Waals surface area contributed by atoms with Crippen LogP contribution >= 0.6 is 0 Å². The number of likely N-dealkylation sites (N-methyl/N-ethyl adjacent to an activating group) is 1. The fourth-order valence-electron chi connectivity index (χ4n) is 13.6. The molecule has 13 unspecified atom stereocenters. The maximum Gasteiger partial charge on any atom is 0.122 e. The Kier molecular flexibility index (Phi) is 6.90. The van der Waals surface area contributed by atoms with Gasteiger partial charge in [0.05, 0.1) is 18.6 Å². The van der Waals surface area contributed by atoms with Crippen LogP contribution in [0.25, 0.3) is 0 Å². The standard InChI is InChI=1S/C40H65NO2/c1-12-41-37(11,25(4)5)23-42-34-26(6)21-39-27(7)15-17-35(34,9)32(39)14-13-29-30(39)16-18-38-22-31-33(38)40(43-31,28(8)24(2)3)20-19-36(29,38)10/h16,22,24-29,32-34,41H,12-15,17-21,23H2,1-11H3. The molecular formula is C40H65NO2. The van der Waals surface area contributed by atoms with Crippen molar-refractivity contribution in [3.63, 3.8) is 0 Å². The Bertz CT molecular complexity index is 1200.